The number of nitrogens with one attached hydrogen (secondary N) is 2. The lowest BCUT2D eigenvalue weighted by atomic mass is 9.98. The van der Waals surface area contributed by atoms with E-state index in [9.17, 15) is 14.0 Å². The maximum atomic E-state index is 15.0. The normalized spacial score (nSPS) is 24.1. The number of nitrogens with zero attached hydrogens (tertiary/aromatic N) is 7. The molecule has 4 N–H and O–H groups in total. The number of amides is 2. The minimum atomic E-state index is -0.623. The van der Waals surface area contributed by atoms with E-state index in [1.807, 2.05) is 18.2 Å². The molecule has 16 heteroatoms. The number of fused-ring (bicyclic) bond motifs is 2. The number of carbonyl (C=O) groups excluding carboxylic acids is 2. The van der Waals surface area contributed by atoms with Gasteiger partial charge in [-0.3, -0.25) is 24.7 Å². The number of benzene rings is 3. The number of nitrogens with two attached hydrogens (primary N) is 1. The summed E-state index contributed by atoms with van der Waals surface area (Å²) in [5.41, 5.74) is 9.82. The van der Waals surface area contributed by atoms with Crippen LogP contribution in [-0.4, -0.2) is 106 Å². The number of rotatable bonds is 10. The van der Waals surface area contributed by atoms with Gasteiger partial charge in [-0.1, -0.05) is 6.07 Å². The van der Waals surface area contributed by atoms with Crippen molar-refractivity contribution >= 4 is 40.0 Å². The summed E-state index contributed by atoms with van der Waals surface area (Å²) in [6, 6.07) is 17.8. The first kappa shape index (κ1) is 36.5. The van der Waals surface area contributed by atoms with Gasteiger partial charge < -0.3 is 25.4 Å². The predicted octanol–water partition coefficient (Wildman–Crippen LogP) is 4.83. The van der Waals surface area contributed by atoms with Crippen LogP contribution in [0.5, 0.6) is 17.2 Å². The van der Waals surface area contributed by atoms with Crippen LogP contribution >= 0.6 is 0 Å². The molecular weight excluding hydrogens is 747 g/mol. The number of aromatic nitrogens is 4. The maximum absolute atomic E-state index is 15.0. The van der Waals surface area contributed by atoms with Crippen molar-refractivity contribution < 1.29 is 27.8 Å². The van der Waals surface area contributed by atoms with Crippen molar-refractivity contribution in [2.45, 2.75) is 49.9 Å². The Kier molecular flexibility index (Phi) is 9.12. The van der Waals surface area contributed by atoms with E-state index in [4.69, 9.17) is 20.3 Å². The molecule has 5 aliphatic rings. The van der Waals surface area contributed by atoms with E-state index in [1.165, 1.54) is 19.5 Å². The highest BCUT2D eigenvalue weighted by Crippen LogP contribution is 2.47. The lowest BCUT2D eigenvalue weighted by molar-refractivity contribution is -0.133. The summed E-state index contributed by atoms with van der Waals surface area (Å²) in [4.78, 5) is 39.9. The molecule has 10 rings (SSSR count). The zero-order valence-corrected chi connectivity index (χ0v) is 32.0. The Balaban J connectivity index is 0.732. The lowest BCUT2D eigenvalue weighted by Crippen LogP contribution is -2.69. The summed E-state index contributed by atoms with van der Waals surface area (Å²) in [5, 5.41) is 11.1. The molecule has 4 saturated heterocycles. The van der Waals surface area contributed by atoms with Crippen molar-refractivity contribution in [3.63, 3.8) is 0 Å². The Bertz CT molecular complexity index is 2390. The van der Waals surface area contributed by atoms with E-state index < -0.39 is 23.6 Å². The molecule has 300 valence electrons. The fourth-order valence-corrected chi connectivity index (χ4v) is 9.54. The molecule has 1 aliphatic carbocycles. The van der Waals surface area contributed by atoms with Gasteiger partial charge in [0, 0.05) is 69.0 Å². The number of nitrogen functional groups attached to an aromatic ring is 1. The second-order valence-electron chi connectivity index (χ2n) is 16.2. The van der Waals surface area contributed by atoms with Gasteiger partial charge >= 0.3 is 0 Å². The molecule has 0 radical (unpaired) electrons. The Hall–Kier alpha value is -5.87. The Morgan fingerprint density at radius 1 is 0.862 bits per heavy atom. The molecule has 3 unspecified atom stereocenters. The largest absolute Gasteiger partial charge is 0.494 e. The lowest BCUT2D eigenvalue weighted by Gasteiger charge is -2.54. The fraction of sp³-hybridized carbons (Fsp3) is 0.405. The van der Waals surface area contributed by atoms with Crippen LogP contribution in [0, 0.1) is 23.5 Å². The number of hydrogen-bond acceptors (Lipinski definition) is 12. The monoisotopic (exact) mass is 790 g/mol. The van der Waals surface area contributed by atoms with Crippen LogP contribution in [0.4, 0.5) is 26.0 Å². The minimum Gasteiger partial charge on any atom is -0.494 e. The molecule has 4 aliphatic heterocycles. The Morgan fingerprint density at radius 2 is 1.59 bits per heavy atom. The first-order valence-electron chi connectivity index (χ1n) is 19.9. The summed E-state index contributed by atoms with van der Waals surface area (Å²) in [6.07, 6.45) is 4.12. The molecule has 6 heterocycles. The first-order valence-corrected chi connectivity index (χ1v) is 19.9. The van der Waals surface area contributed by atoms with E-state index in [-0.39, 0.29) is 35.6 Å². The molecule has 14 nitrogen and oxygen atoms in total. The van der Waals surface area contributed by atoms with Gasteiger partial charge in [0.15, 0.2) is 17.1 Å². The molecule has 3 aromatic carbocycles. The molecule has 3 atom stereocenters. The average Bonchev–Trinajstić information content (AvgIpc) is 3.88. The molecule has 0 bridgehead atoms. The SMILES string of the molecule is COc1cccc(Oc2ccc(-c3nn(C4CC5CN(C6CN(C7CN(c8ccc(NC9CCC(=O)NC9=O)c(F)c8)C7)C6)CC5C4)c4ncnc(N)c34)cc2)c1F. The number of halogens is 2. The number of hydrogen-bond donors (Lipinski definition) is 3. The number of methoxy groups -OCH3 is 1. The van der Waals surface area contributed by atoms with Crippen molar-refractivity contribution in [1.29, 1.82) is 0 Å². The van der Waals surface area contributed by atoms with Crippen molar-refractivity contribution in [2.75, 3.05) is 62.3 Å². The van der Waals surface area contributed by atoms with E-state index >= 15 is 4.39 Å². The predicted molar refractivity (Wildman–Crippen MR) is 213 cm³/mol. The smallest absolute Gasteiger partial charge is 0.249 e. The summed E-state index contributed by atoms with van der Waals surface area (Å²) in [6.45, 7) is 5.96. The van der Waals surface area contributed by atoms with Crippen molar-refractivity contribution in [3.8, 4) is 28.5 Å². The number of piperidine rings is 1. The quantitative estimate of drug-likeness (QED) is 0.166. The van der Waals surface area contributed by atoms with Crippen LogP contribution < -0.4 is 30.7 Å². The highest BCUT2D eigenvalue weighted by molar-refractivity contribution is 6.01. The van der Waals surface area contributed by atoms with E-state index in [1.54, 1.807) is 36.4 Å². The first-order chi connectivity index (χ1) is 28.2. The Labute approximate surface area is 333 Å². The van der Waals surface area contributed by atoms with Crippen LogP contribution in [-0.2, 0) is 9.59 Å². The molecular formula is C42H44F2N10O4. The molecule has 2 amide bonds. The summed E-state index contributed by atoms with van der Waals surface area (Å²) in [5.74, 6) is 0.518. The standard InChI is InChI=1S/C42H44F2N10O4/c1-57-34-3-2-4-35(38(34)44)58-30-8-5-23(6-9-30)39-37-40(45)46-22-47-41(37)54(50-39)27-13-24-16-51(17-25(24)14-27)28-20-53(21-28)29-18-52(19-29)26-7-10-32(31(43)15-26)48-33-11-12-36(55)49-42(33)56/h2-10,15,22,24-25,27-29,33,48H,11-14,16-21H2,1H3,(H2,45,46,47)(H,49,55,56). The molecule has 0 spiro atoms. The molecule has 5 aromatic rings. The van der Waals surface area contributed by atoms with Gasteiger partial charge in [0.1, 0.15) is 35.4 Å². The number of ether oxygens (including phenoxy) is 2. The van der Waals surface area contributed by atoms with Crippen molar-refractivity contribution in [2.24, 2.45) is 11.8 Å². The van der Waals surface area contributed by atoms with Crippen LogP contribution in [0.3, 0.4) is 0 Å². The molecule has 1 saturated carbocycles. The molecule has 2 aromatic heterocycles. The van der Waals surface area contributed by atoms with Gasteiger partial charge in [-0.05, 0) is 85.7 Å². The third-order valence-electron chi connectivity index (χ3n) is 12.8. The summed E-state index contributed by atoms with van der Waals surface area (Å²) < 4.78 is 42.7. The highest BCUT2D eigenvalue weighted by atomic mass is 19.1. The van der Waals surface area contributed by atoms with Crippen LogP contribution in [0.15, 0.2) is 67.0 Å². The topological polar surface area (TPSA) is 156 Å². The number of anilines is 3. The number of carbonyl (C=O) groups is 2. The van der Waals surface area contributed by atoms with Gasteiger partial charge in [-0.25, -0.2) is 19.0 Å². The second kappa shape index (κ2) is 14.5. The summed E-state index contributed by atoms with van der Waals surface area (Å²) >= 11 is 0. The third kappa shape index (κ3) is 6.53. The van der Waals surface area contributed by atoms with Gasteiger partial charge in [0.05, 0.1) is 24.2 Å². The fourth-order valence-electron chi connectivity index (χ4n) is 9.54. The maximum Gasteiger partial charge on any atom is 0.249 e. The van der Waals surface area contributed by atoms with Crippen molar-refractivity contribution in [3.05, 3.63) is 78.6 Å². The van der Waals surface area contributed by atoms with E-state index in [2.05, 4.69) is 40.0 Å². The van der Waals surface area contributed by atoms with Crippen LogP contribution in [0.25, 0.3) is 22.3 Å². The highest BCUT2D eigenvalue weighted by Gasteiger charge is 2.48. The van der Waals surface area contributed by atoms with Crippen molar-refractivity contribution in [1.82, 2.24) is 34.9 Å². The van der Waals surface area contributed by atoms with Gasteiger partial charge in [-0.2, -0.15) is 9.49 Å². The van der Waals surface area contributed by atoms with Crippen LogP contribution in [0.2, 0.25) is 0 Å². The summed E-state index contributed by atoms with van der Waals surface area (Å²) in [7, 11) is 1.42. The zero-order valence-electron chi connectivity index (χ0n) is 32.0. The van der Waals surface area contributed by atoms with Gasteiger partial charge in [0.25, 0.3) is 0 Å². The molecule has 58 heavy (non-hydrogen) atoms. The third-order valence-corrected chi connectivity index (χ3v) is 12.8. The van der Waals surface area contributed by atoms with Crippen LogP contribution in [0.1, 0.15) is 31.7 Å². The average molecular weight is 791 g/mol. The minimum absolute atomic E-state index is 0.0760. The Morgan fingerprint density at radius 3 is 2.31 bits per heavy atom. The van der Waals surface area contributed by atoms with E-state index in [0.29, 0.717) is 47.6 Å². The van der Waals surface area contributed by atoms with Gasteiger partial charge in [0.2, 0.25) is 17.6 Å². The zero-order chi connectivity index (χ0) is 39.7. The van der Waals surface area contributed by atoms with Gasteiger partial charge in [-0.15, -0.1) is 0 Å². The number of imide groups is 1. The molecule has 5 fully saturated rings. The van der Waals surface area contributed by atoms with E-state index in [0.717, 1.165) is 74.4 Å². The second-order valence-corrected chi connectivity index (χ2v) is 16.2. The number of likely N-dealkylation sites (tertiary alicyclic amines) is 2.